The number of benzene rings is 2. The molecule has 1 aliphatic heterocycles. The van der Waals surface area contributed by atoms with Crippen LogP contribution in [-0.4, -0.2) is 30.3 Å². The first-order valence-corrected chi connectivity index (χ1v) is 13.8. The molecule has 2 aliphatic carbocycles. The van der Waals surface area contributed by atoms with Gasteiger partial charge in [-0.05, 0) is 24.8 Å². The van der Waals surface area contributed by atoms with Crippen LogP contribution in [0.25, 0.3) is 11.3 Å². The molecule has 3 aliphatic rings. The number of hydrogen-bond acceptors (Lipinski definition) is 4. The Morgan fingerprint density at radius 3 is 2.44 bits per heavy atom. The molecule has 2 aromatic carbocycles. The lowest BCUT2D eigenvalue weighted by molar-refractivity contribution is -0.926. The first-order chi connectivity index (χ1) is 17.7. The molecule has 5 nitrogen and oxygen atoms in total. The van der Waals surface area contributed by atoms with Gasteiger partial charge in [-0.2, -0.15) is 0 Å². The largest absolute Gasteiger partial charge is 0.461 e. The highest BCUT2D eigenvalue weighted by Gasteiger charge is 2.51. The second-order valence-corrected chi connectivity index (χ2v) is 11.2. The molecule has 2 heterocycles. The van der Waals surface area contributed by atoms with E-state index in [2.05, 4.69) is 47.6 Å². The Hall–Kier alpha value is -2.92. The highest BCUT2D eigenvalue weighted by molar-refractivity contribution is 5.83. The highest BCUT2D eigenvalue weighted by atomic mass is 16.5. The lowest BCUT2D eigenvalue weighted by atomic mass is 9.66. The Balaban J connectivity index is 1.06. The Kier molecular flexibility index (Phi) is 6.66. The van der Waals surface area contributed by atoms with Crippen molar-refractivity contribution in [3.63, 3.8) is 0 Å². The van der Waals surface area contributed by atoms with E-state index in [1.54, 1.807) is 4.90 Å². The molecule has 2 saturated carbocycles. The zero-order valence-electron chi connectivity index (χ0n) is 21.0. The monoisotopic (exact) mass is 485 g/mol. The minimum Gasteiger partial charge on any atom is -0.461 e. The third kappa shape index (κ3) is 4.61. The number of rotatable bonds is 6. The van der Waals surface area contributed by atoms with Crippen molar-refractivity contribution in [1.82, 2.24) is 5.16 Å². The van der Waals surface area contributed by atoms with Crippen LogP contribution in [0.1, 0.15) is 62.6 Å². The SMILES string of the molecule is O=C(O[C@H]1CC2C[NH+](Cc3cc(-c4ccccc4)on3)CCC21)C1(c2ccccc2)CCCCCC1. The van der Waals surface area contributed by atoms with Gasteiger partial charge in [-0.3, -0.25) is 4.79 Å². The third-order valence-corrected chi connectivity index (χ3v) is 8.98. The molecule has 0 bridgehead atoms. The number of piperidine rings is 1. The van der Waals surface area contributed by atoms with Gasteiger partial charge in [0.05, 0.1) is 18.5 Å². The zero-order valence-corrected chi connectivity index (χ0v) is 21.0. The van der Waals surface area contributed by atoms with E-state index in [0.717, 1.165) is 80.7 Å². The molecule has 4 atom stereocenters. The van der Waals surface area contributed by atoms with Crippen molar-refractivity contribution in [2.45, 2.75) is 69.4 Å². The average Bonchev–Trinajstić information content (AvgIpc) is 3.23. The summed E-state index contributed by atoms with van der Waals surface area (Å²) < 4.78 is 11.9. The van der Waals surface area contributed by atoms with Gasteiger partial charge in [0, 0.05) is 29.9 Å². The van der Waals surface area contributed by atoms with Crippen LogP contribution in [0.2, 0.25) is 0 Å². The van der Waals surface area contributed by atoms with Crippen LogP contribution in [0, 0.1) is 11.8 Å². The van der Waals surface area contributed by atoms with Crippen LogP contribution < -0.4 is 4.90 Å². The number of quaternary nitrogens is 1. The zero-order chi connectivity index (χ0) is 24.4. The summed E-state index contributed by atoms with van der Waals surface area (Å²) in [7, 11) is 0. The summed E-state index contributed by atoms with van der Waals surface area (Å²) in [6.07, 6.45) is 8.66. The minimum atomic E-state index is -0.460. The van der Waals surface area contributed by atoms with Crippen LogP contribution in [-0.2, 0) is 21.5 Å². The number of fused-ring (bicyclic) bond motifs is 1. The van der Waals surface area contributed by atoms with Crippen molar-refractivity contribution >= 4 is 5.97 Å². The summed E-state index contributed by atoms with van der Waals surface area (Å²) in [6.45, 7) is 3.10. The number of hydrogen-bond donors (Lipinski definition) is 1. The van der Waals surface area contributed by atoms with Crippen molar-refractivity contribution in [1.29, 1.82) is 0 Å². The first-order valence-electron chi connectivity index (χ1n) is 13.8. The smallest absolute Gasteiger partial charge is 0.316 e. The van der Waals surface area contributed by atoms with Gasteiger partial charge < -0.3 is 14.2 Å². The van der Waals surface area contributed by atoms with Crippen LogP contribution >= 0.6 is 0 Å². The second kappa shape index (κ2) is 10.2. The fourth-order valence-electron chi connectivity index (χ4n) is 6.89. The number of aromatic nitrogens is 1. The van der Waals surface area contributed by atoms with Crippen LogP contribution in [0.5, 0.6) is 0 Å². The second-order valence-electron chi connectivity index (χ2n) is 11.2. The summed E-state index contributed by atoms with van der Waals surface area (Å²) in [5.74, 6) is 2.01. The lowest BCUT2D eigenvalue weighted by Gasteiger charge is -2.49. The fraction of sp³-hybridized carbons (Fsp3) is 0.484. The quantitative estimate of drug-likeness (QED) is 0.396. The number of likely N-dealkylation sites (tertiary alicyclic amines) is 1. The number of carbonyl (C=O) groups is 1. The molecule has 6 rings (SSSR count). The molecule has 188 valence electrons. The van der Waals surface area contributed by atoms with Crippen LogP contribution in [0.15, 0.2) is 71.3 Å². The molecule has 1 saturated heterocycles. The van der Waals surface area contributed by atoms with Gasteiger partial charge in [-0.15, -0.1) is 0 Å². The van der Waals surface area contributed by atoms with Gasteiger partial charge >= 0.3 is 5.97 Å². The van der Waals surface area contributed by atoms with E-state index in [0.29, 0.717) is 11.8 Å². The Morgan fingerprint density at radius 1 is 1.00 bits per heavy atom. The number of carbonyl (C=O) groups excluding carboxylic acids is 1. The van der Waals surface area contributed by atoms with Crippen molar-refractivity contribution in [3.8, 4) is 11.3 Å². The molecule has 3 aromatic rings. The molecule has 0 radical (unpaired) electrons. The average molecular weight is 486 g/mol. The standard InChI is InChI=1S/C31H36N2O3/c34-30(31(16-9-1-2-10-17-31)25-13-7-4-8-14-25)35-29-19-24-21-33(18-15-27(24)29)22-26-20-28(36-32-26)23-11-5-3-6-12-23/h3-8,11-14,20,24,27,29H,1-2,9-10,15-19,21-22H2/p+1/t24?,27?,29-/m0/s1. The van der Waals surface area contributed by atoms with E-state index in [-0.39, 0.29) is 12.1 Å². The maximum atomic E-state index is 13.7. The van der Waals surface area contributed by atoms with E-state index < -0.39 is 5.41 Å². The molecular formula is C31H37N2O3+. The predicted octanol–water partition coefficient (Wildman–Crippen LogP) is 4.97. The van der Waals surface area contributed by atoms with Crippen molar-refractivity contribution in [2.75, 3.05) is 13.1 Å². The Labute approximate surface area is 213 Å². The number of esters is 1. The topological polar surface area (TPSA) is 56.8 Å². The Bertz CT molecular complexity index is 1150. The van der Waals surface area contributed by atoms with Gasteiger partial charge in [0.1, 0.15) is 18.3 Å². The van der Waals surface area contributed by atoms with Gasteiger partial charge in [-0.1, -0.05) is 91.5 Å². The molecule has 3 unspecified atom stereocenters. The van der Waals surface area contributed by atoms with Gasteiger partial charge in [0.25, 0.3) is 0 Å². The van der Waals surface area contributed by atoms with Crippen molar-refractivity contribution in [2.24, 2.45) is 11.8 Å². The van der Waals surface area contributed by atoms with E-state index in [4.69, 9.17) is 9.26 Å². The molecule has 1 aromatic heterocycles. The maximum absolute atomic E-state index is 13.7. The minimum absolute atomic E-state index is 0.0323. The van der Waals surface area contributed by atoms with E-state index in [1.807, 2.05) is 24.3 Å². The first kappa shape index (κ1) is 23.5. The van der Waals surface area contributed by atoms with Crippen LogP contribution in [0.3, 0.4) is 0 Å². The van der Waals surface area contributed by atoms with Crippen molar-refractivity contribution < 1.29 is 19.0 Å². The normalized spacial score (nSPS) is 27.3. The molecule has 0 spiro atoms. The van der Waals surface area contributed by atoms with Gasteiger partial charge in [0.2, 0.25) is 0 Å². The van der Waals surface area contributed by atoms with E-state index in [9.17, 15) is 4.79 Å². The van der Waals surface area contributed by atoms with Gasteiger partial charge in [0.15, 0.2) is 5.76 Å². The summed E-state index contributed by atoms with van der Waals surface area (Å²) in [5.41, 5.74) is 2.77. The maximum Gasteiger partial charge on any atom is 0.316 e. The van der Waals surface area contributed by atoms with Crippen LogP contribution in [0.4, 0.5) is 0 Å². The van der Waals surface area contributed by atoms with E-state index in [1.165, 1.54) is 12.8 Å². The molecular weight excluding hydrogens is 448 g/mol. The fourth-order valence-corrected chi connectivity index (χ4v) is 6.89. The summed E-state index contributed by atoms with van der Waals surface area (Å²) in [5, 5.41) is 4.33. The molecule has 36 heavy (non-hydrogen) atoms. The number of nitrogens with one attached hydrogen (secondary N) is 1. The molecule has 5 heteroatoms. The lowest BCUT2D eigenvalue weighted by Crippen LogP contribution is -3.13. The predicted molar refractivity (Wildman–Crippen MR) is 138 cm³/mol. The van der Waals surface area contributed by atoms with Gasteiger partial charge in [-0.25, -0.2) is 0 Å². The Morgan fingerprint density at radius 2 is 1.72 bits per heavy atom. The van der Waals surface area contributed by atoms with E-state index >= 15 is 0 Å². The molecule has 1 N–H and O–H groups in total. The summed E-state index contributed by atoms with van der Waals surface area (Å²) >= 11 is 0. The highest BCUT2D eigenvalue weighted by Crippen LogP contribution is 2.44. The summed E-state index contributed by atoms with van der Waals surface area (Å²) in [6, 6.07) is 22.6. The third-order valence-electron chi connectivity index (χ3n) is 8.98. The number of ether oxygens (including phenoxy) is 1. The molecule has 3 fully saturated rings. The molecule has 0 amide bonds. The number of nitrogens with zero attached hydrogens (tertiary/aromatic N) is 1. The van der Waals surface area contributed by atoms with Crippen molar-refractivity contribution in [3.05, 3.63) is 78.0 Å². The summed E-state index contributed by atoms with van der Waals surface area (Å²) in [4.78, 5) is 15.3.